The van der Waals surface area contributed by atoms with Crippen LogP contribution in [0, 0.1) is 11.3 Å². The van der Waals surface area contributed by atoms with E-state index in [1.165, 1.54) is 37.5 Å². The van der Waals surface area contributed by atoms with Crippen LogP contribution in [-0.2, 0) is 16.3 Å². The van der Waals surface area contributed by atoms with Crippen molar-refractivity contribution in [2.45, 2.75) is 11.3 Å². The summed E-state index contributed by atoms with van der Waals surface area (Å²) in [4.78, 5) is -0.382. The molecule has 5 nitrogen and oxygen atoms in total. The molecule has 0 heterocycles. The molecule has 0 radical (unpaired) electrons. The van der Waals surface area contributed by atoms with Crippen LogP contribution in [0.3, 0.4) is 0 Å². The molecule has 31 heavy (non-hydrogen) atoms. The number of hydrogen-bond acceptors (Lipinski definition) is 5. The van der Waals surface area contributed by atoms with Crippen molar-refractivity contribution in [1.82, 2.24) is 0 Å². The molecule has 0 saturated carbocycles. The highest BCUT2D eigenvalue weighted by molar-refractivity contribution is 7.95. The minimum atomic E-state index is -3.97. The molecule has 3 rings (SSSR count). The SMILES string of the molecule is COc1cc(/C=C(\C#N)S(=O)(=O)c2ccc(Cl)cc2)ccc1OCCc1ccccc1. The van der Waals surface area contributed by atoms with Crippen molar-refractivity contribution in [3.63, 3.8) is 0 Å². The molecule has 7 heteroatoms. The largest absolute Gasteiger partial charge is 0.493 e. The lowest BCUT2D eigenvalue weighted by Gasteiger charge is -2.12. The van der Waals surface area contributed by atoms with Gasteiger partial charge >= 0.3 is 0 Å². The zero-order valence-corrected chi connectivity index (χ0v) is 18.4. The van der Waals surface area contributed by atoms with Gasteiger partial charge in [-0.3, -0.25) is 0 Å². The number of methoxy groups -OCH3 is 1. The van der Waals surface area contributed by atoms with E-state index in [0.29, 0.717) is 28.7 Å². The number of sulfone groups is 1. The van der Waals surface area contributed by atoms with E-state index in [1.54, 1.807) is 24.3 Å². The molecule has 0 aliphatic heterocycles. The van der Waals surface area contributed by atoms with Crippen molar-refractivity contribution in [3.05, 3.63) is 93.9 Å². The summed E-state index contributed by atoms with van der Waals surface area (Å²) in [6.45, 7) is 0.462. The third-order valence-corrected chi connectivity index (χ3v) is 6.43. The molecule has 158 valence electrons. The summed E-state index contributed by atoms with van der Waals surface area (Å²) in [6, 6.07) is 22.4. The molecule has 3 aromatic rings. The zero-order chi connectivity index (χ0) is 22.3. The maximum absolute atomic E-state index is 12.8. The van der Waals surface area contributed by atoms with Crippen molar-refractivity contribution < 1.29 is 17.9 Å². The highest BCUT2D eigenvalue weighted by Gasteiger charge is 2.21. The molecule has 3 aromatic carbocycles. The van der Waals surface area contributed by atoms with E-state index in [9.17, 15) is 13.7 Å². The van der Waals surface area contributed by atoms with Crippen LogP contribution in [0.2, 0.25) is 5.02 Å². The molecule has 0 amide bonds. The summed E-state index contributed by atoms with van der Waals surface area (Å²) in [5.41, 5.74) is 1.66. The predicted octanol–water partition coefficient (Wildman–Crippen LogP) is 5.31. The zero-order valence-electron chi connectivity index (χ0n) is 16.8. The number of hydrogen-bond donors (Lipinski definition) is 0. The van der Waals surface area contributed by atoms with E-state index >= 15 is 0 Å². The van der Waals surface area contributed by atoms with Crippen LogP contribution in [0.5, 0.6) is 11.5 Å². The highest BCUT2D eigenvalue weighted by atomic mass is 35.5. The van der Waals surface area contributed by atoms with Crippen LogP contribution in [0.1, 0.15) is 11.1 Å². The van der Waals surface area contributed by atoms with Crippen molar-refractivity contribution in [2.75, 3.05) is 13.7 Å². The molecule has 0 aliphatic rings. The Morgan fingerprint density at radius 3 is 2.39 bits per heavy atom. The Balaban J connectivity index is 1.81. The lowest BCUT2D eigenvalue weighted by Crippen LogP contribution is -2.04. The van der Waals surface area contributed by atoms with Gasteiger partial charge in [0.1, 0.15) is 11.0 Å². The number of rotatable bonds is 8. The fourth-order valence-electron chi connectivity index (χ4n) is 2.88. The van der Waals surface area contributed by atoms with E-state index in [2.05, 4.69) is 0 Å². The van der Waals surface area contributed by atoms with Crippen LogP contribution in [0.4, 0.5) is 0 Å². The first kappa shape index (κ1) is 22.4. The summed E-state index contributed by atoms with van der Waals surface area (Å²) < 4.78 is 36.8. The van der Waals surface area contributed by atoms with Crippen LogP contribution >= 0.6 is 11.6 Å². The Kier molecular flexibility index (Phi) is 7.35. The van der Waals surface area contributed by atoms with Gasteiger partial charge in [0.15, 0.2) is 11.5 Å². The fraction of sp³-hybridized carbons (Fsp3) is 0.125. The molecule has 0 aromatic heterocycles. The van der Waals surface area contributed by atoms with E-state index in [4.69, 9.17) is 21.1 Å². The van der Waals surface area contributed by atoms with E-state index in [-0.39, 0.29) is 9.80 Å². The number of ether oxygens (including phenoxy) is 2. The van der Waals surface area contributed by atoms with Crippen molar-refractivity contribution >= 4 is 27.5 Å². The Morgan fingerprint density at radius 1 is 1.03 bits per heavy atom. The van der Waals surface area contributed by atoms with Gasteiger partial charge in [-0.25, -0.2) is 8.42 Å². The summed E-state index contributed by atoms with van der Waals surface area (Å²) in [5.74, 6) is 0.984. The number of halogens is 1. The van der Waals surface area contributed by atoms with Crippen molar-refractivity contribution in [2.24, 2.45) is 0 Å². The standard InChI is InChI=1S/C24H20ClNO4S/c1-29-24-16-19(7-12-23(24)30-14-13-18-5-3-2-4-6-18)15-22(17-26)31(27,28)21-10-8-20(25)9-11-21/h2-12,15-16H,13-14H2,1H3/b22-15+. The molecular weight excluding hydrogens is 434 g/mol. The van der Waals surface area contributed by atoms with Gasteiger partial charge in [-0.2, -0.15) is 5.26 Å². The van der Waals surface area contributed by atoms with Crippen LogP contribution in [0.15, 0.2) is 82.6 Å². The lowest BCUT2D eigenvalue weighted by molar-refractivity contribution is 0.297. The minimum absolute atomic E-state index is 0.00229. The van der Waals surface area contributed by atoms with Gasteiger partial charge in [0.2, 0.25) is 9.84 Å². The molecule has 0 saturated heterocycles. The van der Waals surface area contributed by atoms with Gasteiger partial charge < -0.3 is 9.47 Å². The molecular formula is C24H20ClNO4S. The van der Waals surface area contributed by atoms with Crippen LogP contribution in [0.25, 0.3) is 6.08 Å². The Hall–Kier alpha value is -3.27. The van der Waals surface area contributed by atoms with Gasteiger partial charge in [-0.1, -0.05) is 48.0 Å². The maximum atomic E-state index is 12.8. The second kappa shape index (κ2) is 10.2. The summed E-state index contributed by atoms with van der Waals surface area (Å²) in [7, 11) is -2.47. The van der Waals surface area contributed by atoms with Gasteiger partial charge in [-0.15, -0.1) is 0 Å². The van der Waals surface area contributed by atoms with Gasteiger partial charge in [-0.05, 0) is 53.6 Å². The first-order chi connectivity index (χ1) is 14.9. The van der Waals surface area contributed by atoms with Crippen molar-refractivity contribution in [3.8, 4) is 17.6 Å². The minimum Gasteiger partial charge on any atom is -0.493 e. The van der Waals surface area contributed by atoms with E-state index < -0.39 is 9.84 Å². The van der Waals surface area contributed by atoms with E-state index in [0.717, 1.165) is 12.0 Å². The van der Waals surface area contributed by atoms with Crippen LogP contribution < -0.4 is 9.47 Å². The molecule has 0 fully saturated rings. The molecule has 0 N–H and O–H groups in total. The molecule has 0 atom stereocenters. The predicted molar refractivity (Wildman–Crippen MR) is 121 cm³/mol. The number of nitrogens with zero attached hydrogens (tertiary/aromatic N) is 1. The first-order valence-electron chi connectivity index (χ1n) is 9.41. The molecule has 0 bridgehead atoms. The van der Waals surface area contributed by atoms with Gasteiger partial charge in [0.25, 0.3) is 0 Å². The molecule has 0 spiro atoms. The number of benzene rings is 3. The Bertz CT molecular complexity index is 1210. The number of allylic oxidation sites excluding steroid dienone is 1. The fourth-order valence-corrected chi connectivity index (χ4v) is 4.16. The Labute approximate surface area is 187 Å². The lowest BCUT2D eigenvalue weighted by atomic mass is 10.1. The third kappa shape index (κ3) is 5.66. The average molecular weight is 454 g/mol. The normalized spacial score (nSPS) is 11.6. The van der Waals surface area contributed by atoms with Gasteiger partial charge in [0.05, 0.1) is 18.6 Å². The average Bonchev–Trinajstić information content (AvgIpc) is 2.79. The Morgan fingerprint density at radius 2 is 1.74 bits per heavy atom. The topological polar surface area (TPSA) is 76.4 Å². The van der Waals surface area contributed by atoms with E-state index in [1.807, 2.05) is 30.3 Å². The summed E-state index contributed by atoms with van der Waals surface area (Å²) >= 11 is 5.82. The second-order valence-corrected chi connectivity index (χ2v) is 8.93. The molecule has 0 aliphatic carbocycles. The van der Waals surface area contributed by atoms with Crippen LogP contribution in [-0.4, -0.2) is 22.1 Å². The summed E-state index contributed by atoms with van der Waals surface area (Å²) in [6.07, 6.45) is 2.05. The van der Waals surface area contributed by atoms with Gasteiger partial charge in [0, 0.05) is 11.4 Å². The monoisotopic (exact) mass is 453 g/mol. The second-order valence-electron chi connectivity index (χ2n) is 6.57. The summed E-state index contributed by atoms with van der Waals surface area (Å²) in [5, 5.41) is 9.88. The highest BCUT2D eigenvalue weighted by Crippen LogP contribution is 2.30. The quantitative estimate of drug-likeness (QED) is 0.432. The third-order valence-electron chi connectivity index (χ3n) is 4.50. The maximum Gasteiger partial charge on any atom is 0.216 e. The molecule has 0 unspecified atom stereocenters. The number of nitriles is 1. The smallest absolute Gasteiger partial charge is 0.216 e. The van der Waals surface area contributed by atoms with Crippen molar-refractivity contribution in [1.29, 1.82) is 5.26 Å². The first-order valence-corrected chi connectivity index (χ1v) is 11.3.